The quantitative estimate of drug-likeness (QED) is 0.721. The van der Waals surface area contributed by atoms with E-state index in [1.54, 1.807) is 0 Å². The molecule has 2 heteroatoms. The minimum absolute atomic E-state index is 0.770. The highest BCUT2D eigenvalue weighted by atomic mass is 35.5. The third kappa shape index (κ3) is 1.81. The highest BCUT2D eigenvalue weighted by molar-refractivity contribution is 6.30. The van der Waals surface area contributed by atoms with Crippen LogP contribution in [0.15, 0.2) is 36.4 Å². The Morgan fingerprint density at radius 3 is 2.82 bits per heavy atom. The SMILES string of the molecule is Cc1cc(Cl)ccc1-c1cccc2c1O[CH]C2. The molecule has 2 aromatic rings. The number of ether oxygens (including phenoxy) is 1. The highest BCUT2D eigenvalue weighted by Crippen LogP contribution is 2.39. The maximum Gasteiger partial charge on any atom is 0.140 e. The first-order chi connectivity index (χ1) is 8.25. The van der Waals surface area contributed by atoms with Gasteiger partial charge >= 0.3 is 0 Å². The van der Waals surface area contributed by atoms with Crippen molar-refractivity contribution in [3.8, 4) is 16.9 Å². The van der Waals surface area contributed by atoms with E-state index in [0.29, 0.717) is 0 Å². The third-order valence-electron chi connectivity index (χ3n) is 3.08. The van der Waals surface area contributed by atoms with Crippen molar-refractivity contribution in [2.24, 2.45) is 0 Å². The molecule has 0 saturated carbocycles. The molecule has 0 aromatic heterocycles. The van der Waals surface area contributed by atoms with Crippen LogP contribution >= 0.6 is 11.6 Å². The first kappa shape index (κ1) is 10.7. The Morgan fingerprint density at radius 1 is 1.12 bits per heavy atom. The zero-order chi connectivity index (χ0) is 11.8. The molecule has 0 N–H and O–H groups in total. The summed E-state index contributed by atoms with van der Waals surface area (Å²) in [5, 5.41) is 0.770. The van der Waals surface area contributed by atoms with E-state index >= 15 is 0 Å². The molecule has 0 bridgehead atoms. The van der Waals surface area contributed by atoms with Gasteiger partial charge in [-0.3, -0.25) is 0 Å². The standard InChI is InChI=1S/C15H12ClO/c1-10-9-12(16)5-6-13(10)14-4-2-3-11-7-8-17-15(11)14/h2-6,8-9H,7H2,1H3. The molecule has 0 unspecified atom stereocenters. The van der Waals surface area contributed by atoms with Gasteiger partial charge in [0.15, 0.2) is 0 Å². The summed E-state index contributed by atoms with van der Waals surface area (Å²) in [6.07, 6.45) is 0.885. The Kier molecular flexibility index (Phi) is 2.56. The lowest BCUT2D eigenvalue weighted by Gasteiger charge is -2.10. The molecule has 1 heterocycles. The number of fused-ring (bicyclic) bond motifs is 1. The van der Waals surface area contributed by atoms with Crippen LogP contribution in [0.25, 0.3) is 11.1 Å². The molecule has 0 atom stereocenters. The molecule has 1 aliphatic rings. The summed E-state index contributed by atoms with van der Waals surface area (Å²) >= 11 is 5.98. The molecular formula is C15H12ClO. The molecule has 85 valence electrons. The Hall–Kier alpha value is -1.47. The van der Waals surface area contributed by atoms with Crippen LogP contribution in [0, 0.1) is 13.5 Å². The van der Waals surface area contributed by atoms with Crippen molar-refractivity contribution < 1.29 is 4.74 Å². The number of para-hydroxylation sites is 1. The van der Waals surface area contributed by atoms with E-state index in [1.165, 1.54) is 16.7 Å². The van der Waals surface area contributed by atoms with Gasteiger partial charge in [-0.15, -0.1) is 0 Å². The molecule has 1 radical (unpaired) electrons. The Bertz CT molecular complexity index is 575. The summed E-state index contributed by atoms with van der Waals surface area (Å²) in [6, 6.07) is 12.2. The zero-order valence-corrected chi connectivity index (χ0v) is 10.3. The monoisotopic (exact) mass is 243 g/mol. The van der Waals surface area contributed by atoms with Crippen molar-refractivity contribution in [2.75, 3.05) is 0 Å². The number of halogens is 1. The fourth-order valence-corrected chi connectivity index (χ4v) is 2.47. The number of aryl methyl sites for hydroxylation is 1. The first-order valence-electron chi connectivity index (χ1n) is 5.62. The van der Waals surface area contributed by atoms with Gasteiger partial charge in [0.05, 0.1) is 0 Å². The van der Waals surface area contributed by atoms with E-state index < -0.39 is 0 Å². The molecule has 0 fully saturated rings. The van der Waals surface area contributed by atoms with Crippen LogP contribution in [0.2, 0.25) is 5.02 Å². The molecule has 0 saturated heterocycles. The number of hydrogen-bond acceptors (Lipinski definition) is 1. The van der Waals surface area contributed by atoms with E-state index in [4.69, 9.17) is 16.3 Å². The fraction of sp³-hybridized carbons (Fsp3) is 0.133. The van der Waals surface area contributed by atoms with Gasteiger partial charge < -0.3 is 4.74 Å². The van der Waals surface area contributed by atoms with Crippen molar-refractivity contribution in [1.29, 1.82) is 0 Å². The maximum atomic E-state index is 5.98. The molecule has 1 nitrogen and oxygen atoms in total. The normalized spacial score (nSPS) is 13.3. The Balaban J connectivity index is 2.19. The summed E-state index contributed by atoms with van der Waals surface area (Å²) in [7, 11) is 0. The molecular weight excluding hydrogens is 232 g/mol. The van der Waals surface area contributed by atoms with Crippen LogP contribution in [-0.4, -0.2) is 0 Å². The van der Waals surface area contributed by atoms with Crippen LogP contribution in [0.4, 0.5) is 0 Å². The molecule has 3 rings (SSSR count). The topological polar surface area (TPSA) is 9.23 Å². The lowest BCUT2D eigenvalue weighted by Crippen LogP contribution is -1.88. The van der Waals surface area contributed by atoms with Crippen molar-refractivity contribution in [2.45, 2.75) is 13.3 Å². The van der Waals surface area contributed by atoms with Crippen LogP contribution in [0.3, 0.4) is 0 Å². The van der Waals surface area contributed by atoms with Crippen molar-refractivity contribution in [3.63, 3.8) is 0 Å². The first-order valence-corrected chi connectivity index (χ1v) is 6.00. The van der Waals surface area contributed by atoms with Gasteiger partial charge in [0.2, 0.25) is 0 Å². The van der Waals surface area contributed by atoms with Gasteiger partial charge in [-0.1, -0.05) is 35.9 Å². The second kappa shape index (κ2) is 4.08. The largest absolute Gasteiger partial charge is 0.485 e. The van der Waals surface area contributed by atoms with Crippen molar-refractivity contribution >= 4 is 11.6 Å². The lowest BCUT2D eigenvalue weighted by atomic mass is 9.97. The Labute approximate surface area is 106 Å². The average Bonchev–Trinajstić information content (AvgIpc) is 2.77. The number of rotatable bonds is 1. The molecule has 2 aromatic carbocycles. The second-order valence-electron chi connectivity index (χ2n) is 4.24. The number of hydrogen-bond donors (Lipinski definition) is 0. The minimum atomic E-state index is 0.770. The van der Waals surface area contributed by atoms with Crippen LogP contribution in [0.1, 0.15) is 11.1 Å². The van der Waals surface area contributed by atoms with Crippen LogP contribution in [0.5, 0.6) is 5.75 Å². The summed E-state index contributed by atoms with van der Waals surface area (Å²) < 4.78 is 5.61. The van der Waals surface area contributed by atoms with E-state index in [-0.39, 0.29) is 0 Å². The minimum Gasteiger partial charge on any atom is -0.485 e. The van der Waals surface area contributed by atoms with Crippen molar-refractivity contribution in [1.82, 2.24) is 0 Å². The second-order valence-corrected chi connectivity index (χ2v) is 4.68. The summed E-state index contributed by atoms with van der Waals surface area (Å²) in [4.78, 5) is 0. The molecule has 1 aliphatic heterocycles. The highest BCUT2D eigenvalue weighted by Gasteiger charge is 2.18. The van der Waals surface area contributed by atoms with Crippen LogP contribution < -0.4 is 4.74 Å². The summed E-state index contributed by atoms with van der Waals surface area (Å²) in [6.45, 7) is 3.92. The van der Waals surface area contributed by atoms with Gasteiger partial charge in [-0.2, -0.15) is 0 Å². The molecule has 17 heavy (non-hydrogen) atoms. The number of benzene rings is 2. The predicted octanol–water partition coefficient (Wildman–Crippen LogP) is 4.41. The van der Waals surface area contributed by atoms with Gasteiger partial charge in [-0.05, 0) is 35.7 Å². The van der Waals surface area contributed by atoms with Crippen molar-refractivity contribution in [3.05, 3.63) is 59.2 Å². The summed E-state index contributed by atoms with van der Waals surface area (Å²) in [5.74, 6) is 0.984. The van der Waals surface area contributed by atoms with Gasteiger partial charge in [0.1, 0.15) is 12.4 Å². The van der Waals surface area contributed by atoms with E-state index in [2.05, 4.69) is 31.2 Å². The van der Waals surface area contributed by atoms with E-state index in [0.717, 1.165) is 22.8 Å². The molecule has 0 aliphatic carbocycles. The van der Waals surface area contributed by atoms with Gasteiger partial charge in [0, 0.05) is 17.0 Å². The Morgan fingerprint density at radius 2 is 2.00 bits per heavy atom. The zero-order valence-electron chi connectivity index (χ0n) is 9.53. The maximum absolute atomic E-state index is 5.98. The third-order valence-corrected chi connectivity index (χ3v) is 3.31. The average molecular weight is 244 g/mol. The molecule has 0 spiro atoms. The van der Waals surface area contributed by atoms with Crippen LogP contribution in [-0.2, 0) is 6.42 Å². The van der Waals surface area contributed by atoms with E-state index in [1.807, 2.05) is 18.7 Å². The fourth-order valence-electron chi connectivity index (χ4n) is 2.24. The molecule has 0 amide bonds. The summed E-state index contributed by atoms with van der Waals surface area (Å²) in [5.41, 5.74) is 4.74. The lowest BCUT2D eigenvalue weighted by molar-refractivity contribution is 0.436. The predicted molar refractivity (Wildman–Crippen MR) is 70.3 cm³/mol. The smallest absolute Gasteiger partial charge is 0.140 e. The van der Waals surface area contributed by atoms with E-state index in [9.17, 15) is 0 Å². The van der Waals surface area contributed by atoms with Gasteiger partial charge in [-0.25, -0.2) is 0 Å². The van der Waals surface area contributed by atoms with Gasteiger partial charge in [0.25, 0.3) is 0 Å².